The monoisotopic (exact) mass is 501 g/mol. The molecule has 0 spiro atoms. The number of benzene rings is 1. The van der Waals surface area contributed by atoms with E-state index in [1.54, 1.807) is 13.2 Å². The van der Waals surface area contributed by atoms with Crippen molar-refractivity contribution >= 4 is 17.3 Å². The van der Waals surface area contributed by atoms with E-state index in [0.717, 1.165) is 56.0 Å². The topological polar surface area (TPSA) is 109 Å². The highest BCUT2D eigenvalue weighted by atomic mass is 16.5. The Labute approximate surface area is 216 Å². The van der Waals surface area contributed by atoms with Crippen molar-refractivity contribution in [2.45, 2.75) is 18.9 Å². The fraction of sp³-hybridized carbons (Fsp3) is 0.407. The molecule has 2 aliphatic heterocycles. The summed E-state index contributed by atoms with van der Waals surface area (Å²) in [6.45, 7) is 5.23. The summed E-state index contributed by atoms with van der Waals surface area (Å²) in [7, 11) is 3.80. The summed E-state index contributed by atoms with van der Waals surface area (Å²) in [6.07, 6.45) is 5.04. The summed E-state index contributed by atoms with van der Waals surface area (Å²) in [6, 6.07) is 11.5. The summed E-state index contributed by atoms with van der Waals surface area (Å²) < 4.78 is 17.1. The van der Waals surface area contributed by atoms with Gasteiger partial charge in [0.05, 0.1) is 43.5 Å². The second kappa shape index (κ2) is 11.4. The summed E-state index contributed by atoms with van der Waals surface area (Å²) in [4.78, 5) is 18.0. The summed E-state index contributed by atoms with van der Waals surface area (Å²) in [5.41, 5.74) is 2.95. The standard InChI is InChI=1S/C27H31N7O3/c1-33-7-9-34(10-8-33)23-17-29-27(15-25(23)35-2)32-26-14-22(30-18-31-26)19-3-4-24(20(13-19)16-28)37-21-5-11-36-12-6-21/h3-4,13-15,17-18,21H,5-12H2,1-2H3,(H,29,30,31,32). The predicted octanol–water partition coefficient (Wildman–Crippen LogP) is 3.47. The van der Waals surface area contributed by atoms with E-state index in [-0.39, 0.29) is 6.10 Å². The van der Waals surface area contributed by atoms with Crippen molar-refractivity contribution in [3.8, 4) is 28.8 Å². The van der Waals surface area contributed by atoms with Crippen LogP contribution in [0, 0.1) is 11.3 Å². The van der Waals surface area contributed by atoms with Crippen LogP contribution in [0.3, 0.4) is 0 Å². The van der Waals surface area contributed by atoms with Gasteiger partial charge in [-0.05, 0) is 25.2 Å². The number of hydrogen-bond donors (Lipinski definition) is 1. The first kappa shape index (κ1) is 24.7. The molecule has 0 radical (unpaired) electrons. The number of pyridine rings is 1. The first-order valence-electron chi connectivity index (χ1n) is 12.5. The lowest BCUT2D eigenvalue weighted by Gasteiger charge is -2.34. The van der Waals surface area contributed by atoms with Crippen molar-refractivity contribution in [2.75, 3.05) is 63.8 Å². The minimum absolute atomic E-state index is 0.0636. The van der Waals surface area contributed by atoms with Crippen molar-refractivity contribution in [3.05, 3.63) is 48.4 Å². The van der Waals surface area contributed by atoms with Crippen molar-refractivity contribution in [1.29, 1.82) is 5.26 Å². The Bertz CT molecular complexity index is 1270. The number of rotatable bonds is 7. The second-order valence-corrected chi connectivity index (χ2v) is 9.20. The molecule has 1 aromatic carbocycles. The Hall–Kier alpha value is -3.94. The molecule has 2 aromatic heterocycles. The number of nitriles is 1. The lowest BCUT2D eigenvalue weighted by Crippen LogP contribution is -2.44. The second-order valence-electron chi connectivity index (χ2n) is 9.20. The molecular weight excluding hydrogens is 470 g/mol. The van der Waals surface area contributed by atoms with E-state index in [4.69, 9.17) is 14.2 Å². The predicted molar refractivity (Wildman–Crippen MR) is 140 cm³/mol. The molecule has 0 atom stereocenters. The zero-order valence-electron chi connectivity index (χ0n) is 21.2. The van der Waals surface area contributed by atoms with Crippen LogP contribution in [0.25, 0.3) is 11.3 Å². The Morgan fingerprint density at radius 1 is 1.00 bits per heavy atom. The van der Waals surface area contributed by atoms with Gasteiger partial charge in [-0.15, -0.1) is 0 Å². The van der Waals surface area contributed by atoms with Crippen LogP contribution in [0.4, 0.5) is 17.3 Å². The van der Waals surface area contributed by atoms with Gasteiger partial charge in [0.2, 0.25) is 0 Å². The van der Waals surface area contributed by atoms with Gasteiger partial charge in [0.15, 0.2) is 0 Å². The molecule has 0 unspecified atom stereocenters. The number of nitrogens with one attached hydrogen (secondary N) is 1. The Morgan fingerprint density at radius 3 is 2.54 bits per heavy atom. The van der Waals surface area contributed by atoms with Crippen LogP contribution in [-0.4, -0.2) is 79.5 Å². The third-order valence-corrected chi connectivity index (χ3v) is 6.69. The van der Waals surface area contributed by atoms with Gasteiger partial charge in [-0.3, -0.25) is 0 Å². The van der Waals surface area contributed by atoms with Crippen molar-refractivity contribution in [2.24, 2.45) is 0 Å². The van der Waals surface area contributed by atoms with Crippen LogP contribution >= 0.6 is 0 Å². The fourth-order valence-corrected chi connectivity index (χ4v) is 4.51. The minimum atomic E-state index is 0.0636. The first-order valence-corrected chi connectivity index (χ1v) is 12.5. The quantitative estimate of drug-likeness (QED) is 0.517. The van der Waals surface area contributed by atoms with Crippen molar-refractivity contribution in [3.63, 3.8) is 0 Å². The van der Waals surface area contributed by atoms with Crippen LogP contribution < -0.4 is 19.7 Å². The average Bonchev–Trinajstić information content (AvgIpc) is 2.94. The molecule has 0 bridgehead atoms. The van der Waals surface area contributed by atoms with Crippen molar-refractivity contribution < 1.29 is 14.2 Å². The zero-order chi connectivity index (χ0) is 25.6. The van der Waals surface area contributed by atoms with E-state index in [0.29, 0.717) is 41.9 Å². The van der Waals surface area contributed by atoms with E-state index in [1.165, 1.54) is 6.33 Å². The lowest BCUT2D eigenvalue weighted by molar-refractivity contribution is 0.0254. The van der Waals surface area contributed by atoms with Gasteiger partial charge in [0.1, 0.15) is 41.6 Å². The molecule has 2 aliphatic rings. The number of likely N-dealkylation sites (N-methyl/N-ethyl adjacent to an activating group) is 1. The van der Waals surface area contributed by atoms with E-state index < -0.39 is 0 Å². The normalized spacial score (nSPS) is 16.7. The smallest absolute Gasteiger partial charge is 0.147 e. The van der Waals surface area contributed by atoms with Gasteiger partial charge in [-0.2, -0.15) is 5.26 Å². The maximum atomic E-state index is 9.72. The van der Waals surface area contributed by atoms with Gasteiger partial charge >= 0.3 is 0 Å². The molecule has 3 aromatic rings. The first-order chi connectivity index (χ1) is 18.1. The highest BCUT2D eigenvalue weighted by molar-refractivity contribution is 5.69. The van der Waals surface area contributed by atoms with Gasteiger partial charge in [-0.25, -0.2) is 15.0 Å². The average molecular weight is 502 g/mol. The Balaban J connectivity index is 1.32. The molecule has 192 valence electrons. The van der Waals surface area contributed by atoms with E-state index >= 15 is 0 Å². The Morgan fingerprint density at radius 2 is 1.78 bits per heavy atom. The van der Waals surface area contributed by atoms with Gasteiger partial charge < -0.3 is 29.3 Å². The largest absolute Gasteiger partial charge is 0.494 e. The molecule has 1 N–H and O–H groups in total. The molecule has 10 nitrogen and oxygen atoms in total. The van der Waals surface area contributed by atoms with Crippen molar-refractivity contribution in [1.82, 2.24) is 19.9 Å². The third kappa shape index (κ3) is 5.90. The van der Waals surface area contributed by atoms with Crippen LogP contribution in [0.2, 0.25) is 0 Å². The van der Waals surface area contributed by atoms with Gasteiger partial charge in [0, 0.05) is 56.7 Å². The van der Waals surface area contributed by atoms with Crippen LogP contribution in [0.1, 0.15) is 18.4 Å². The number of methoxy groups -OCH3 is 1. The molecule has 5 rings (SSSR count). The van der Waals surface area contributed by atoms with E-state index in [9.17, 15) is 5.26 Å². The SMILES string of the molecule is COc1cc(Nc2cc(-c3ccc(OC4CCOCC4)c(C#N)c3)ncn2)ncc1N1CCN(C)CC1. The van der Waals surface area contributed by atoms with E-state index in [1.807, 2.05) is 30.5 Å². The number of aromatic nitrogens is 3. The summed E-state index contributed by atoms with van der Waals surface area (Å²) >= 11 is 0. The number of piperazine rings is 1. The van der Waals surface area contributed by atoms with Gasteiger partial charge in [-0.1, -0.05) is 0 Å². The highest BCUT2D eigenvalue weighted by Crippen LogP contribution is 2.32. The van der Waals surface area contributed by atoms with Crippen LogP contribution in [-0.2, 0) is 4.74 Å². The molecule has 0 amide bonds. The fourth-order valence-electron chi connectivity index (χ4n) is 4.51. The molecule has 4 heterocycles. The number of anilines is 3. The Kier molecular flexibility index (Phi) is 7.63. The molecule has 0 saturated carbocycles. The molecular formula is C27H31N7O3. The number of hydrogen-bond acceptors (Lipinski definition) is 10. The molecule has 2 saturated heterocycles. The minimum Gasteiger partial charge on any atom is -0.494 e. The summed E-state index contributed by atoms with van der Waals surface area (Å²) in [5, 5.41) is 13.0. The van der Waals surface area contributed by atoms with Crippen LogP contribution in [0.15, 0.2) is 42.9 Å². The molecule has 0 aliphatic carbocycles. The maximum absolute atomic E-state index is 9.72. The highest BCUT2D eigenvalue weighted by Gasteiger charge is 2.20. The maximum Gasteiger partial charge on any atom is 0.147 e. The lowest BCUT2D eigenvalue weighted by atomic mass is 10.1. The number of nitrogens with zero attached hydrogens (tertiary/aromatic N) is 6. The molecule has 2 fully saturated rings. The van der Waals surface area contributed by atoms with Gasteiger partial charge in [0.25, 0.3) is 0 Å². The molecule has 10 heteroatoms. The molecule has 37 heavy (non-hydrogen) atoms. The number of ether oxygens (including phenoxy) is 3. The third-order valence-electron chi connectivity index (χ3n) is 6.69. The summed E-state index contributed by atoms with van der Waals surface area (Å²) in [5.74, 6) is 2.56. The van der Waals surface area contributed by atoms with Crippen LogP contribution in [0.5, 0.6) is 11.5 Å². The zero-order valence-corrected chi connectivity index (χ0v) is 21.2. The van der Waals surface area contributed by atoms with E-state index in [2.05, 4.69) is 43.2 Å².